The molecular formula is C19H22N6O. The van der Waals surface area contributed by atoms with Crippen LogP contribution in [0.5, 0.6) is 0 Å². The van der Waals surface area contributed by atoms with E-state index in [0.29, 0.717) is 18.9 Å². The fourth-order valence-corrected chi connectivity index (χ4v) is 2.49. The van der Waals surface area contributed by atoms with Gasteiger partial charge in [-0.3, -0.25) is 0 Å². The number of benzene rings is 1. The molecule has 2 amide bonds. The zero-order chi connectivity index (χ0) is 18.4. The van der Waals surface area contributed by atoms with E-state index in [1.807, 2.05) is 67.2 Å². The molecule has 0 saturated carbocycles. The Labute approximate surface area is 152 Å². The SMILES string of the molecule is Cc1cccc(NC(=O)NCCNc2cc(-n3cccc3)ncn2)c1C. The molecule has 0 spiro atoms. The minimum atomic E-state index is -0.226. The van der Waals surface area contributed by atoms with Crippen LogP contribution in [0, 0.1) is 13.8 Å². The molecule has 1 aromatic carbocycles. The molecule has 2 heterocycles. The third-order valence-corrected chi connectivity index (χ3v) is 4.09. The van der Waals surface area contributed by atoms with Gasteiger partial charge in [-0.2, -0.15) is 0 Å². The summed E-state index contributed by atoms with van der Waals surface area (Å²) in [5.74, 6) is 1.49. The van der Waals surface area contributed by atoms with Crippen LogP contribution in [0.15, 0.2) is 55.1 Å². The molecule has 0 radical (unpaired) electrons. The third kappa shape index (κ3) is 4.38. The second-order valence-electron chi connectivity index (χ2n) is 5.91. The molecule has 0 saturated heterocycles. The Morgan fingerprint density at radius 1 is 1.08 bits per heavy atom. The van der Waals surface area contributed by atoms with Gasteiger partial charge in [-0.05, 0) is 43.2 Å². The van der Waals surface area contributed by atoms with Gasteiger partial charge in [0.05, 0.1) is 0 Å². The molecule has 3 rings (SSSR count). The summed E-state index contributed by atoms with van der Waals surface area (Å²) in [7, 11) is 0. The molecule has 7 heteroatoms. The van der Waals surface area contributed by atoms with Gasteiger partial charge in [0, 0.05) is 37.2 Å². The molecule has 0 bridgehead atoms. The number of nitrogens with zero attached hydrogens (tertiary/aromatic N) is 3. The summed E-state index contributed by atoms with van der Waals surface area (Å²) in [6.45, 7) is 5.04. The van der Waals surface area contributed by atoms with Crippen molar-refractivity contribution in [2.24, 2.45) is 0 Å². The van der Waals surface area contributed by atoms with E-state index in [1.165, 1.54) is 6.33 Å². The molecule has 0 aliphatic rings. The normalized spacial score (nSPS) is 10.4. The van der Waals surface area contributed by atoms with E-state index in [1.54, 1.807) is 0 Å². The number of hydrogen-bond acceptors (Lipinski definition) is 4. The van der Waals surface area contributed by atoms with Crippen molar-refractivity contribution in [1.82, 2.24) is 19.9 Å². The topological polar surface area (TPSA) is 83.9 Å². The largest absolute Gasteiger partial charge is 0.368 e. The zero-order valence-electron chi connectivity index (χ0n) is 14.9. The maximum Gasteiger partial charge on any atom is 0.319 e. The van der Waals surface area contributed by atoms with E-state index >= 15 is 0 Å². The van der Waals surface area contributed by atoms with Crippen molar-refractivity contribution >= 4 is 17.5 Å². The van der Waals surface area contributed by atoms with Crippen LogP contribution in [0.25, 0.3) is 5.82 Å². The number of carbonyl (C=O) groups is 1. The zero-order valence-corrected chi connectivity index (χ0v) is 14.9. The first-order chi connectivity index (χ1) is 12.6. The van der Waals surface area contributed by atoms with E-state index < -0.39 is 0 Å². The minimum Gasteiger partial charge on any atom is -0.368 e. The molecule has 0 aliphatic heterocycles. The number of aromatic nitrogens is 3. The standard InChI is InChI=1S/C19H22N6O/c1-14-6-5-7-16(15(14)2)24-19(26)21-9-8-20-17-12-18(23-13-22-17)25-10-3-4-11-25/h3-7,10-13H,8-9H2,1-2H3,(H,20,22,23)(H2,21,24,26). The first-order valence-corrected chi connectivity index (χ1v) is 8.44. The Balaban J connectivity index is 1.46. The molecule has 26 heavy (non-hydrogen) atoms. The number of carbonyl (C=O) groups excluding carboxylic acids is 1. The molecule has 0 unspecified atom stereocenters. The van der Waals surface area contributed by atoms with Crippen molar-refractivity contribution in [2.45, 2.75) is 13.8 Å². The Morgan fingerprint density at radius 2 is 1.88 bits per heavy atom. The van der Waals surface area contributed by atoms with Crippen LogP contribution in [-0.4, -0.2) is 33.7 Å². The van der Waals surface area contributed by atoms with Gasteiger partial charge in [0.15, 0.2) is 0 Å². The van der Waals surface area contributed by atoms with E-state index in [-0.39, 0.29) is 6.03 Å². The third-order valence-electron chi connectivity index (χ3n) is 4.09. The molecule has 0 fully saturated rings. The van der Waals surface area contributed by atoms with Crippen LogP contribution in [0.1, 0.15) is 11.1 Å². The van der Waals surface area contributed by atoms with Crippen LogP contribution in [0.4, 0.5) is 16.3 Å². The highest BCUT2D eigenvalue weighted by molar-refractivity contribution is 5.90. The maximum atomic E-state index is 12.0. The summed E-state index contributed by atoms with van der Waals surface area (Å²) in [6, 6.07) is 11.3. The van der Waals surface area contributed by atoms with E-state index in [4.69, 9.17) is 0 Å². The van der Waals surface area contributed by atoms with Crippen molar-refractivity contribution in [2.75, 3.05) is 23.7 Å². The molecular weight excluding hydrogens is 328 g/mol. The lowest BCUT2D eigenvalue weighted by Crippen LogP contribution is -2.33. The predicted molar refractivity (Wildman–Crippen MR) is 103 cm³/mol. The predicted octanol–water partition coefficient (Wildman–Crippen LogP) is 3.12. The molecule has 2 aromatic heterocycles. The van der Waals surface area contributed by atoms with Crippen LogP contribution in [0.3, 0.4) is 0 Å². The fraction of sp³-hybridized carbons (Fsp3) is 0.211. The van der Waals surface area contributed by atoms with Crippen molar-refractivity contribution < 1.29 is 4.79 Å². The number of hydrogen-bond donors (Lipinski definition) is 3. The molecule has 3 aromatic rings. The molecule has 0 atom stereocenters. The summed E-state index contributed by atoms with van der Waals surface area (Å²) >= 11 is 0. The van der Waals surface area contributed by atoms with E-state index in [0.717, 1.165) is 22.6 Å². The lowest BCUT2D eigenvalue weighted by Gasteiger charge is -2.12. The summed E-state index contributed by atoms with van der Waals surface area (Å²) in [4.78, 5) is 20.4. The second kappa shape index (κ2) is 8.15. The van der Waals surface area contributed by atoms with Gasteiger partial charge in [0.1, 0.15) is 18.0 Å². The fourth-order valence-electron chi connectivity index (χ4n) is 2.49. The van der Waals surface area contributed by atoms with Gasteiger partial charge in [0.25, 0.3) is 0 Å². The lowest BCUT2D eigenvalue weighted by atomic mass is 10.1. The number of nitrogens with one attached hydrogen (secondary N) is 3. The minimum absolute atomic E-state index is 0.226. The number of amides is 2. The van der Waals surface area contributed by atoms with Crippen LogP contribution in [-0.2, 0) is 0 Å². The number of rotatable bonds is 6. The smallest absolute Gasteiger partial charge is 0.319 e. The summed E-state index contributed by atoms with van der Waals surface area (Å²) in [5, 5.41) is 8.88. The number of aryl methyl sites for hydroxylation is 1. The highest BCUT2D eigenvalue weighted by Gasteiger charge is 2.05. The first kappa shape index (κ1) is 17.5. The van der Waals surface area contributed by atoms with Crippen molar-refractivity contribution in [3.05, 3.63) is 66.2 Å². The molecule has 7 nitrogen and oxygen atoms in total. The average Bonchev–Trinajstić information content (AvgIpc) is 3.18. The highest BCUT2D eigenvalue weighted by Crippen LogP contribution is 2.17. The molecule has 3 N–H and O–H groups in total. The average molecular weight is 350 g/mol. The summed E-state index contributed by atoms with van der Waals surface area (Å²) in [6.07, 6.45) is 5.36. The quantitative estimate of drug-likeness (QED) is 0.597. The molecule has 0 aliphatic carbocycles. The van der Waals surface area contributed by atoms with Gasteiger partial charge < -0.3 is 20.5 Å². The van der Waals surface area contributed by atoms with Crippen molar-refractivity contribution in [3.63, 3.8) is 0 Å². The first-order valence-electron chi connectivity index (χ1n) is 8.44. The second-order valence-corrected chi connectivity index (χ2v) is 5.91. The van der Waals surface area contributed by atoms with Gasteiger partial charge in [-0.1, -0.05) is 12.1 Å². The maximum absolute atomic E-state index is 12.0. The number of urea groups is 1. The van der Waals surface area contributed by atoms with Crippen LogP contribution in [0.2, 0.25) is 0 Å². The Hall–Kier alpha value is -3.35. The van der Waals surface area contributed by atoms with Gasteiger partial charge in [0.2, 0.25) is 0 Å². The van der Waals surface area contributed by atoms with Gasteiger partial charge in [-0.25, -0.2) is 14.8 Å². The molecule has 134 valence electrons. The Bertz CT molecular complexity index is 875. The van der Waals surface area contributed by atoms with E-state index in [9.17, 15) is 4.79 Å². The van der Waals surface area contributed by atoms with Gasteiger partial charge in [-0.15, -0.1) is 0 Å². The van der Waals surface area contributed by atoms with Crippen LogP contribution < -0.4 is 16.0 Å². The summed E-state index contributed by atoms with van der Waals surface area (Å²) in [5.41, 5.74) is 3.04. The van der Waals surface area contributed by atoms with Crippen molar-refractivity contribution in [1.29, 1.82) is 0 Å². The van der Waals surface area contributed by atoms with Crippen LogP contribution >= 0.6 is 0 Å². The highest BCUT2D eigenvalue weighted by atomic mass is 16.2. The Kier molecular flexibility index (Phi) is 5.48. The van der Waals surface area contributed by atoms with Gasteiger partial charge >= 0.3 is 6.03 Å². The monoisotopic (exact) mass is 350 g/mol. The number of anilines is 2. The summed E-state index contributed by atoms with van der Waals surface area (Å²) < 4.78 is 1.91. The van der Waals surface area contributed by atoms with Crippen molar-refractivity contribution in [3.8, 4) is 5.82 Å². The lowest BCUT2D eigenvalue weighted by molar-refractivity contribution is 0.252. The van der Waals surface area contributed by atoms with E-state index in [2.05, 4.69) is 25.9 Å². The Morgan fingerprint density at radius 3 is 2.69 bits per heavy atom.